The van der Waals surface area contributed by atoms with E-state index < -0.39 is 0 Å². The molecule has 4 heteroatoms. The lowest BCUT2D eigenvalue weighted by molar-refractivity contribution is 0.440. The van der Waals surface area contributed by atoms with Gasteiger partial charge in [-0.2, -0.15) is 0 Å². The Bertz CT molecular complexity index is 691. The maximum atomic E-state index is 9.36. The molecule has 1 aromatic heterocycles. The Balaban J connectivity index is 2.29. The van der Waals surface area contributed by atoms with Gasteiger partial charge in [0.15, 0.2) is 5.76 Å². The van der Waals surface area contributed by atoms with Crippen molar-refractivity contribution in [1.82, 2.24) is 5.16 Å². The van der Waals surface area contributed by atoms with Crippen molar-refractivity contribution < 1.29 is 9.63 Å². The standard InChI is InChI=1S/C13H8ClNO2/c14-11-4-2-1-3-9(11)13-10-6-5-8(16)7-12(10)15-17-13/h1-7,16H. The fraction of sp³-hybridized carbons (Fsp3) is 0. The second-order valence-electron chi connectivity index (χ2n) is 3.69. The van der Waals surface area contributed by atoms with Crippen molar-refractivity contribution in [2.24, 2.45) is 0 Å². The highest BCUT2D eigenvalue weighted by atomic mass is 35.5. The van der Waals surface area contributed by atoms with Gasteiger partial charge in [0.2, 0.25) is 0 Å². The molecular formula is C13H8ClNO2. The summed E-state index contributed by atoms with van der Waals surface area (Å²) in [6.07, 6.45) is 0. The lowest BCUT2D eigenvalue weighted by Crippen LogP contribution is -1.76. The van der Waals surface area contributed by atoms with E-state index in [4.69, 9.17) is 16.1 Å². The normalized spacial score (nSPS) is 10.9. The number of halogens is 1. The summed E-state index contributed by atoms with van der Waals surface area (Å²) < 4.78 is 5.29. The topological polar surface area (TPSA) is 46.3 Å². The lowest BCUT2D eigenvalue weighted by Gasteiger charge is -1.99. The van der Waals surface area contributed by atoms with Crippen LogP contribution in [0.15, 0.2) is 47.0 Å². The SMILES string of the molecule is Oc1ccc2c(-c3ccccc3Cl)onc2c1. The number of phenols is 1. The van der Waals surface area contributed by atoms with E-state index in [0.29, 0.717) is 16.3 Å². The molecule has 2 aromatic carbocycles. The van der Waals surface area contributed by atoms with Gasteiger partial charge in [0.1, 0.15) is 11.3 Å². The van der Waals surface area contributed by atoms with Crippen molar-refractivity contribution in [3.63, 3.8) is 0 Å². The number of benzene rings is 2. The molecule has 0 fully saturated rings. The van der Waals surface area contributed by atoms with E-state index in [0.717, 1.165) is 10.9 Å². The van der Waals surface area contributed by atoms with Crippen LogP contribution < -0.4 is 0 Å². The summed E-state index contributed by atoms with van der Waals surface area (Å²) >= 11 is 6.11. The predicted molar refractivity (Wildman–Crippen MR) is 66.1 cm³/mol. The van der Waals surface area contributed by atoms with Crippen LogP contribution in [-0.2, 0) is 0 Å². The first kappa shape index (κ1) is 10.2. The molecule has 3 aromatic rings. The van der Waals surface area contributed by atoms with Crippen LogP contribution in [0.2, 0.25) is 5.02 Å². The quantitative estimate of drug-likeness (QED) is 0.708. The van der Waals surface area contributed by atoms with E-state index in [2.05, 4.69) is 5.16 Å². The number of rotatable bonds is 1. The smallest absolute Gasteiger partial charge is 0.176 e. The average Bonchev–Trinajstić information content (AvgIpc) is 2.72. The van der Waals surface area contributed by atoms with E-state index in [-0.39, 0.29) is 5.75 Å². The molecule has 17 heavy (non-hydrogen) atoms. The molecule has 84 valence electrons. The lowest BCUT2D eigenvalue weighted by atomic mass is 10.1. The molecule has 0 radical (unpaired) electrons. The van der Waals surface area contributed by atoms with Crippen LogP contribution in [0.1, 0.15) is 0 Å². The Morgan fingerprint density at radius 1 is 1.12 bits per heavy atom. The van der Waals surface area contributed by atoms with Gasteiger partial charge in [0.05, 0.1) is 10.4 Å². The van der Waals surface area contributed by atoms with Gasteiger partial charge in [-0.1, -0.05) is 28.9 Å². The molecule has 3 nitrogen and oxygen atoms in total. The van der Waals surface area contributed by atoms with E-state index in [1.165, 1.54) is 0 Å². The zero-order valence-corrected chi connectivity index (χ0v) is 9.48. The largest absolute Gasteiger partial charge is 0.508 e. The van der Waals surface area contributed by atoms with Crippen molar-refractivity contribution in [2.45, 2.75) is 0 Å². The van der Waals surface area contributed by atoms with Gasteiger partial charge in [0.25, 0.3) is 0 Å². The van der Waals surface area contributed by atoms with Crippen molar-refractivity contribution in [3.05, 3.63) is 47.5 Å². The first-order valence-corrected chi connectivity index (χ1v) is 5.47. The molecule has 0 saturated carbocycles. The Morgan fingerprint density at radius 2 is 1.94 bits per heavy atom. The van der Waals surface area contributed by atoms with Crippen LogP contribution in [0.5, 0.6) is 5.75 Å². The van der Waals surface area contributed by atoms with Gasteiger partial charge in [-0.05, 0) is 24.3 Å². The molecule has 0 atom stereocenters. The third-order valence-corrected chi connectivity index (χ3v) is 2.91. The van der Waals surface area contributed by atoms with E-state index >= 15 is 0 Å². The molecule has 0 aliphatic heterocycles. The van der Waals surface area contributed by atoms with Gasteiger partial charge in [0, 0.05) is 11.6 Å². The number of fused-ring (bicyclic) bond motifs is 1. The molecule has 0 aliphatic rings. The maximum Gasteiger partial charge on any atom is 0.176 e. The van der Waals surface area contributed by atoms with Crippen molar-refractivity contribution in [1.29, 1.82) is 0 Å². The number of aromatic hydroxyl groups is 1. The van der Waals surface area contributed by atoms with Crippen LogP contribution in [0.3, 0.4) is 0 Å². The number of nitrogens with zero attached hydrogens (tertiary/aromatic N) is 1. The van der Waals surface area contributed by atoms with Crippen LogP contribution in [0, 0.1) is 0 Å². The first-order chi connectivity index (χ1) is 8.25. The molecular weight excluding hydrogens is 238 g/mol. The first-order valence-electron chi connectivity index (χ1n) is 5.09. The summed E-state index contributed by atoms with van der Waals surface area (Å²) in [7, 11) is 0. The fourth-order valence-electron chi connectivity index (χ4n) is 1.77. The average molecular weight is 246 g/mol. The van der Waals surface area contributed by atoms with E-state index in [1.807, 2.05) is 18.2 Å². The summed E-state index contributed by atoms with van der Waals surface area (Å²) in [5, 5.41) is 14.7. The minimum Gasteiger partial charge on any atom is -0.508 e. The Labute approximate surface area is 102 Å². The molecule has 0 amide bonds. The van der Waals surface area contributed by atoms with Crippen LogP contribution >= 0.6 is 11.6 Å². The van der Waals surface area contributed by atoms with Crippen molar-refractivity contribution in [3.8, 4) is 17.1 Å². The highest BCUT2D eigenvalue weighted by Crippen LogP contribution is 2.34. The highest BCUT2D eigenvalue weighted by Gasteiger charge is 2.13. The van der Waals surface area contributed by atoms with Crippen molar-refractivity contribution in [2.75, 3.05) is 0 Å². The maximum absolute atomic E-state index is 9.36. The molecule has 1 heterocycles. The minimum absolute atomic E-state index is 0.163. The summed E-state index contributed by atoms with van der Waals surface area (Å²) in [5.74, 6) is 0.780. The zero-order chi connectivity index (χ0) is 11.8. The third-order valence-electron chi connectivity index (χ3n) is 2.58. The van der Waals surface area contributed by atoms with Crippen molar-refractivity contribution >= 4 is 22.5 Å². The monoisotopic (exact) mass is 245 g/mol. The predicted octanol–water partition coefficient (Wildman–Crippen LogP) is 3.85. The van der Waals surface area contributed by atoms with Gasteiger partial charge in [-0.3, -0.25) is 0 Å². The van der Waals surface area contributed by atoms with Gasteiger partial charge in [-0.15, -0.1) is 0 Å². The molecule has 3 rings (SSSR count). The molecule has 0 aliphatic carbocycles. The Morgan fingerprint density at radius 3 is 2.76 bits per heavy atom. The number of aromatic nitrogens is 1. The second kappa shape index (κ2) is 3.79. The highest BCUT2D eigenvalue weighted by molar-refractivity contribution is 6.33. The number of hydrogen-bond donors (Lipinski definition) is 1. The Kier molecular flexibility index (Phi) is 2.27. The molecule has 1 N–H and O–H groups in total. The van der Waals surface area contributed by atoms with Crippen LogP contribution in [0.4, 0.5) is 0 Å². The van der Waals surface area contributed by atoms with Gasteiger partial charge < -0.3 is 9.63 Å². The molecule has 0 unspecified atom stereocenters. The summed E-state index contributed by atoms with van der Waals surface area (Å²) in [6, 6.07) is 12.3. The summed E-state index contributed by atoms with van der Waals surface area (Å²) in [5.41, 5.74) is 1.40. The molecule has 0 bridgehead atoms. The summed E-state index contributed by atoms with van der Waals surface area (Å²) in [6.45, 7) is 0. The zero-order valence-electron chi connectivity index (χ0n) is 8.72. The van der Waals surface area contributed by atoms with E-state index in [9.17, 15) is 5.11 Å². The number of phenolic OH excluding ortho intramolecular Hbond substituents is 1. The van der Waals surface area contributed by atoms with Gasteiger partial charge in [-0.25, -0.2) is 0 Å². The van der Waals surface area contributed by atoms with Crippen LogP contribution in [-0.4, -0.2) is 10.3 Å². The number of hydrogen-bond acceptors (Lipinski definition) is 3. The minimum atomic E-state index is 0.163. The summed E-state index contributed by atoms with van der Waals surface area (Å²) in [4.78, 5) is 0. The van der Waals surface area contributed by atoms with Crippen LogP contribution in [0.25, 0.3) is 22.2 Å². The van der Waals surface area contributed by atoms with Gasteiger partial charge >= 0.3 is 0 Å². The second-order valence-corrected chi connectivity index (χ2v) is 4.10. The fourth-order valence-corrected chi connectivity index (χ4v) is 1.99. The van der Waals surface area contributed by atoms with E-state index in [1.54, 1.807) is 24.3 Å². The molecule has 0 saturated heterocycles. The Hall–Kier alpha value is -2.00. The third kappa shape index (κ3) is 1.65. The molecule has 0 spiro atoms.